The molecule has 0 radical (unpaired) electrons. The second kappa shape index (κ2) is 11.2. The Morgan fingerprint density at radius 3 is 1.98 bits per heavy atom. The summed E-state index contributed by atoms with van der Waals surface area (Å²) in [7, 11) is -3.47. The summed E-state index contributed by atoms with van der Waals surface area (Å²) in [5.74, 6) is -6.24. The first kappa shape index (κ1) is 33.6. The summed E-state index contributed by atoms with van der Waals surface area (Å²) in [4.78, 5) is 22.5. The summed E-state index contributed by atoms with van der Waals surface area (Å²) >= 11 is 0. The van der Waals surface area contributed by atoms with Crippen molar-refractivity contribution in [1.29, 1.82) is 5.26 Å². The third-order valence-electron chi connectivity index (χ3n) is 11.1. The van der Waals surface area contributed by atoms with Crippen molar-refractivity contribution in [3.8, 4) is 28.3 Å². The first-order valence-corrected chi connectivity index (χ1v) is 18.8. The lowest BCUT2D eigenvalue weighted by molar-refractivity contribution is 0.0196. The quantitative estimate of drug-likeness (QED) is 0.261. The van der Waals surface area contributed by atoms with Crippen LogP contribution in [0.3, 0.4) is 0 Å². The van der Waals surface area contributed by atoms with Gasteiger partial charge in [0, 0.05) is 84.8 Å². The zero-order chi connectivity index (χ0) is 37.2. The van der Waals surface area contributed by atoms with Crippen molar-refractivity contribution in [2.24, 2.45) is 5.92 Å². The van der Waals surface area contributed by atoms with Crippen LogP contribution >= 0.6 is 0 Å². The summed E-state index contributed by atoms with van der Waals surface area (Å²) < 4.78 is 89.2. The van der Waals surface area contributed by atoms with Crippen LogP contribution < -0.4 is 0 Å². The number of fused-ring (bicyclic) bond motifs is 4. The number of sulfonamides is 1. The van der Waals surface area contributed by atoms with Crippen molar-refractivity contribution >= 4 is 27.2 Å². The van der Waals surface area contributed by atoms with Gasteiger partial charge in [0.2, 0.25) is 10.0 Å². The average molecular weight is 746 g/mol. The minimum absolute atomic E-state index is 0.0472. The van der Waals surface area contributed by atoms with Gasteiger partial charge in [-0.2, -0.15) is 42.0 Å². The van der Waals surface area contributed by atoms with Crippen molar-refractivity contribution in [3.05, 3.63) is 83.0 Å². The van der Waals surface area contributed by atoms with Crippen LogP contribution in [0.1, 0.15) is 54.2 Å². The molecule has 272 valence electrons. The number of rotatable bonds is 4. The van der Waals surface area contributed by atoms with Gasteiger partial charge in [-0.15, -0.1) is 0 Å². The molecule has 17 heteroatoms. The topological polar surface area (TPSA) is 143 Å². The number of carbonyl (C=O) groups is 1. The van der Waals surface area contributed by atoms with E-state index in [4.69, 9.17) is 0 Å². The van der Waals surface area contributed by atoms with E-state index < -0.39 is 33.4 Å². The van der Waals surface area contributed by atoms with Gasteiger partial charge in [0.15, 0.2) is 0 Å². The van der Waals surface area contributed by atoms with Crippen LogP contribution in [-0.2, 0) is 40.2 Å². The minimum Gasteiger partial charge on any atom is -0.322 e. The monoisotopic (exact) mass is 745 g/mol. The predicted molar refractivity (Wildman–Crippen MR) is 183 cm³/mol. The number of alkyl halides is 4. The average Bonchev–Trinajstić information content (AvgIpc) is 3.91. The Hall–Kier alpha value is -5.21. The van der Waals surface area contributed by atoms with Crippen LogP contribution in [0.5, 0.6) is 0 Å². The smallest absolute Gasteiger partial charge is 0.322 e. The third kappa shape index (κ3) is 4.54. The molecule has 12 nitrogen and oxygen atoms in total. The lowest BCUT2D eigenvalue weighted by Gasteiger charge is -2.49. The highest BCUT2D eigenvalue weighted by Gasteiger charge is 2.57. The maximum atomic E-state index is 15.6. The van der Waals surface area contributed by atoms with Crippen LogP contribution in [0, 0.1) is 17.2 Å². The Kier molecular flexibility index (Phi) is 7.07. The van der Waals surface area contributed by atoms with Crippen LogP contribution in [0.2, 0.25) is 0 Å². The Balaban J connectivity index is 0.000000143. The van der Waals surface area contributed by atoms with Gasteiger partial charge in [0.05, 0.1) is 42.0 Å². The largest absolute Gasteiger partial charge is 0.345 e. The lowest BCUT2D eigenvalue weighted by atomic mass is 9.83. The van der Waals surface area contributed by atoms with E-state index in [2.05, 4.69) is 20.2 Å². The molecule has 0 aromatic carbocycles. The van der Waals surface area contributed by atoms with Gasteiger partial charge < -0.3 is 4.90 Å². The first-order chi connectivity index (χ1) is 25.2. The van der Waals surface area contributed by atoms with Gasteiger partial charge in [-0.25, -0.2) is 13.2 Å². The van der Waals surface area contributed by atoms with E-state index in [1.807, 2.05) is 13.0 Å². The van der Waals surface area contributed by atoms with Gasteiger partial charge in [-0.1, -0.05) is 19.1 Å². The van der Waals surface area contributed by atoms with Gasteiger partial charge in [-0.3, -0.25) is 14.6 Å². The van der Waals surface area contributed by atoms with Crippen molar-refractivity contribution in [2.75, 3.05) is 31.9 Å². The number of pyridine rings is 2. The third-order valence-corrected chi connectivity index (χ3v) is 12.8. The number of hydrogen-bond acceptors (Lipinski definition) is 8. The second-order valence-electron chi connectivity index (χ2n) is 14.3. The number of allylic oxidation sites excluding steroid dienone is 4. The number of carbonyl (C=O) groups excluding carboxylic acids is 1. The van der Waals surface area contributed by atoms with E-state index >= 15 is 17.6 Å². The molecule has 53 heavy (non-hydrogen) atoms. The van der Waals surface area contributed by atoms with Crippen molar-refractivity contribution in [2.45, 2.75) is 50.5 Å². The maximum absolute atomic E-state index is 15.6. The highest BCUT2D eigenvalue weighted by atomic mass is 32.2. The van der Waals surface area contributed by atoms with E-state index in [1.165, 1.54) is 40.5 Å². The molecule has 0 spiro atoms. The zero-order valence-electron chi connectivity index (χ0n) is 28.5. The van der Waals surface area contributed by atoms with Crippen molar-refractivity contribution in [3.63, 3.8) is 0 Å². The summed E-state index contributed by atoms with van der Waals surface area (Å²) in [6.07, 6.45) is 9.61. The second-order valence-corrected chi connectivity index (χ2v) is 16.6. The molecule has 6 heterocycles. The lowest BCUT2D eigenvalue weighted by Crippen LogP contribution is -2.65. The summed E-state index contributed by atoms with van der Waals surface area (Å²) in [6, 6.07) is 4.96. The fourth-order valence-corrected chi connectivity index (χ4v) is 9.68. The molecular formula is C36H31F4N9O3S. The predicted octanol–water partition coefficient (Wildman–Crippen LogP) is 5.17. The molecule has 2 aliphatic heterocycles. The zero-order valence-corrected chi connectivity index (χ0v) is 29.3. The Morgan fingerprint density at radius 1 is 0.887 bits per heavy atom. The molecule has 4 aromatic rings. The first-order valence-electron chi connectivity index (χ1n) is 17.2. The molecule has 0 atom stereocenters. The molecule has 6 aliphatic rings. The van der Waals surface area contributed by atoms with Crippen LogP contribution in [0.15, 0.2) is 49.1 Å². The van der Waals surface area contributed by atoms with Crippen molar-refractivity contribution < 1.29 is 30.8 Å². The fraction of sp³-hybridized carbons (Fsp3) is 0.389. The van der Waals surface area contributed by atoms with Gasteiger partial charge in [0.1, 0.15) is 16.9 Å². The summed E-state index contributed by atoms with van der Waals surface area (Å²) in [6.45, 7) is 4.60. The molecule has 1 amide bonds. The number of halogens is 4. The van der Waals surface area contributed by atoms with Gasteiger partial charge >= 0.3 is 17.9 Å². The van der Waals surface area contributed by atoms with Crippen molar-refractivity contribution in [1.82, 2.24) is 38.7 Å². The molecule has 2 fully saturated rings. The number of likely N-dealkylation sites (tertiary alicyclic amines) is 1. The van der Waals surface area contributed by atoms with Gasteiger partial charge in [0.25, 0.3) is 0 Å². The number of nitriles is 1. The highest BCUT2D eigenvalue weighted by Crippen LogP contribution is 2.57. The molecule has 4 aliphatic carbocycles. The fourth-order valence-electron chi connectivity index (χ4n) is 8.44. The number of amides is 1. The van der Waals surface area contributed by atoms with E-state index in [9.17, 15) is 18.5 Å². The number of nitrogens with zero attached hydrogens (tertiary/aromatic N) is 9. The minimum atomic E-state index is -3.47. The number of aromatic nitrogens is 6. The van der Waals surface area contributed by atoms with E-state index in [0.29, 0.717) is 76.6 Å². The summed E-state index contributed by atoms with van der Waals surface area (Å²) in [5.41, 5.74) is 2.33. The molecule has 4 aromatic heterocycles. The molecule has 0 unspecified atom stereocenters. The molecule has 0 N–H and O–H groups in total. The van der Waals surface area contributed by atoms with Gasteiger partial charge in [-0.05, 0) is 36.1 Å². The van der Waals surface area contributed by atoms with E-state index in [-0.39, 0.29) is 47.8 Å². The Bertz CT molecular complexity index is 2490. The molecule has 0 bridgehead atoms. The van der Waals surface area contributed by atoms with Crippen LogP contribution in [0.4, 0.5) is 22.4 Å². The highest BCUT2D eigenvalue weighted by molar-refractivity contribution is 7.89. The Morgan fingerprint density at radius 2 is 1.43 bits per heavy atom. The summed E-state index contributed by atoms with van der Waals surface area (Å²) in [5, 5.41) is 17.6. The molecule has 0 saturated carbocycles. The van der Waals surface area contributed by atoms with E-state index in [0.717, 1.165) is 4.68 Å². The normalized spacial score (nSPS) is 20.7. The Labute approximate surface area is 301 Å². The van der Waals surface area contributed by atoms with Crippen LogP contribution in [-0.4, -0.2) is 85.1 Å². The molecule has 2 saturated heterocycles. The van der Waals surface area contributed by atoms with Crippen LogP contribution in [0.25, 0.3) is 33.4 Å². The molecular weight excluding hydrogens is 715 g/mol. The SMILES string of the molecule is CC1CN(C(=O)n2ncc3c2C(F)(F)C2=CCc4nccc-3c42)C1.CCS(=O)(=O)N1CC(CC#N)(n2ncc3c2C(F)(F)C2=CCc4nccc-3c42)C1. The maximum Gasteiger partial charge on any atom is 0.345 e. The number of hydrogen-bond donors (Lipinski definition) is 0. The standard InChI is InChI=1S/C19H17F2N5O2S.C17H14F2N4O/c1-2-29(27,28)25-10-18(11-25,6-7-22)26-17-13(9-24-26)12-5-8-23-15-4-3-14(16(12)15)19(17,20)21;1-9-7-22(8-9)16(24)23-15-11(6-21-23)10-4-5-20-13-3-2-12(14(10)13)17(15,18)19/h3,5,8-9H,2,4,6,10-11H2,1H3;2,4-6,9H,3,7-8H2,1H3. The van der Waals surface area contributed by atoms with E-state index in [1.54, 1.807) is 29.4 Å². The molecule has 10 rings (SSSR count).